The maximum atomic E-state index is 12.7. The molecular weight excluding hydrogens is 385 g/mol. The maximum Gasteiger partial charge on any atom is 0.416 e. The minimum Gasteiger partial charge on any atom is -0.504 e. The number of methoxy groups -OCH3 is 1. The number of alkyl halides is 3. The van der Waals surface area contributed by atoms with E-state index in [1.807, 2.05) is 0 Å². The number of rotatable bonds is 6. The van der Waals surface area contributed by atoms with Gasteiger partial charge in [0.05, 0.1) is 17.6 Å². The first-order valence-corrected chi connectivity index (χ1v) is 7.71. The van der Waals surface area contributed by atoms with Gasteiger partial charge in [-0.1, -0.05) is 6.07 Å². The van der Waals surface area contributed by atoms with E-state index >= 15 is 0 Å². The van der Waals surface area contributed by atoms with Crippen LogP contribution < -0.4 is 10.5 Å². The second kappa shape index (κ2) is 8.13. The van der Waals surface area contributed by atoms with Gasteiger partial charge < -0.3 is 20.3 Å². The van der Waals surface area contributed by atoms with Crippen molar-refractivity contribution in [1.82, 2.24) is 0 Å². The lowest BCUT2D eigenvalue weighted by atomic mass is 10.1. The first-order valence-electron chi connectivity index (χ1n) is 7.71. The van der Waals surface area contributed by atoms with Gasteiger partial charge in [0.2, 0.25) is 5.75 Å². The molecule has 2 aromatic rings. The summed E-state index contributed by atoms with van der Waals surface area (Å²) in [6.07, 6.45) is -4.72. The van der Waals surface area contributed by atoms with Crippen LogP contribution in [0.5, 0.6) is 17.2 Å². The molecule has 8 nitrogen and oxygen atoms in total. The Labute approximate surface area is 156 Å². The van der Waals surface area contributed by atoms with Gasteiger partial charge in [-0.05, 0) is 36.2 Å². The first-order chi connectivity index (χ1) is 13.0. The van der Waals surface area contributed by atoms with Gasteiger partial charge >= 0.3 is 17.8 Å². The molecule has 150 valence electrons. The lowest BCUT2D eigenvalue weighted by molar-refractivity contribution is -0.385. The molecule has 0 heterocycles. The van der Waals surface area contributed by atoms with Crippen LogP contribution in [0.1, 0.15) is 11.1 Å². The van der Waals surface area contributed by atoms with Crippen molar-refractivity contribution in [2.45, 2.75) is 18.6 Å². The summed E-state index contributed by atoms with van der Waals surface area (Å²) in [5.74, 6) is -1.80. The van der Waals surface area contributed by atoms with Gasteiger partial charge in [-0.3, -0.25) is 14.9 Å². The number of esters is 1. The van der Waals surface area contributed by atoms with Gasteiger partial charge in [0.1, 0.15) is 6.04 Å². The van der Waals surface area contributed by atoms with E-state index in [0.29, 0.717) is 17.7 Å². The molecule has 0 saturated carbocycles. The van der Waals surface area contributed by atoms with E-state index in [9.17, 15) is 33.2 Å². The molecule has 0 aliphatic heterocycles. The van der Waals surface area contributed by atoms with E-state index in [0.717, 1.165) is 6.07 Å². The molecule has 11 heteroatoms. The minimum atomic E-state index is -4.76. The van der Waals surface area contributed by atoms with Crippen LogP contribution in [0.3, 0.4) is 0 Å². The third-order valence-corrected chi connectivity index (χ3v) is 3.69. The fraction of sp³-hybridized carbons (Fsp3) is 0.235. The number of hydrogen-bond acceptors (Lipinski definition) is 7. The minimum absolute atomic E-state index is 0.0426. The Morgan fingerprint density at radius 1 is 1.25 bits per heavy atom. The second-order valence-corrected chi connectivity index (χ2v) is 5.68. The summed E-state index contributed by atoms with van der Waals surface area (Å²) in [5.41, 5.74) is 3.95. The van der Waals surface area contributed by atoms with Crippen LogP contribution in [0.4, 0.5) is 18.9 Å². The molecule has 0 fully saturated rings. The van der Waals surface area contributed by atoms with Gasteiger partial charge in [-0.15, -0.1) is 0 Å². The van der Waals surface area contributed by atoms with Gasteiger partial charge in [0.15, 0.2) is 11.5 Å². The Kier molecular flexibility index (Phi) is 6.09. The molecule has 28 heavy (non-hydrogen) atoms. The fourth-order valence-corrected chi connectivity index (χ4v) is 2.31. The standard InChI is InChI=1S/C17H15F3N2O6/c1-27-16(24)11(21)6-9-2-4-15(13(23)7-9)28-14-5-3-10(17(18,19)20)8-12(14)22(25)26/h2-5,7-8,11,23H,6,21H2,1H3. The molecule has 2 aromatic carbocycles. The van der Waals surface area contributed by atoms with Crippen molar-refractivity contribution in [2.75, 3.05) is 7.11 Å². The molecule has 0 amide bonds. The number of benzene rings is 2. The van der Waals surface area contributed by atoms with Crippen molar-refractivity contribution in [3.05, 3.63) is 57.6 Å². The van der Waals surface area contributed by atoms with E-state index < -0.39 is 45.9 Å². The number of ether oxygens (including phenoxy) is 2. The topological polar surface area (TPSA) is 125 Å². The van der Waals surface area contributed by atoms with Gasteiger partial charge in [-0.25, -0.2) is 0 Å². The summed E-state index contributed by atoms with van der Waals surface area (Å²) in [4.78, 5) is 21.4. The molecule has 1 unspecified atom stereocenters. The zero-order valence-electron chi connectivity index (χ0n) is 14.4. The van der Waals surface area contributed by atoms with E-state index in [2.05, 4.69) is 4.74 Å². The number of nitro benzene ring substituents is 1. The van der Waals surface area contributed by atoms with E-state index in [-0.39, 0.29) is 12.2 Å². The molecule has 0 aliphatic rings. The van der Waals surface area contributed by atoms with Crippen LogP contribution in [0.15, 0.2) is 36.4 Å². The molecule has 0 radical (unpaired) electrons. The zero-order chi connectivity index (χ0) is 21.1. The fourth-order valence-electron chi connectivity index (χ4n) is 2.31. The van der Waals surface area contributed by atoms with Crippen molar-refractivity contribution in [3.63, 3.8) is 0 Å². The second-order valence-electron chi connectivity index (χ2n) is 5.68. The molecular formula is C17H15F3N2O6. The Morgan fingerprint density at radius 2 is 1.89 bits per heavy atom. The Balaban J connectivity index is 2.28. The lowest BCUT2D eigenvalue weighted by Crippen LogP contribution is -2.33. The van der Waals surface area contributed by atoms with Gasteiger partial charge in [0, 0.05) is 6.07 Å². The SMILES string of the molecule is COC(=O)C(N)Cc1ccc(Oc2ccc(C(F)(F)F)cc2[N+](=O)[O-])c(O)c1. The summed E-state index contributed by atoms with van der Waals surface area (Å²) in [5, 5.41) is 21.1. The number of halogens is 3. The maximum absolute atomic E-state index is 12.7. The lowest BCUT2D eigenvalue weighted by Gasteiger charge is -2.13. The number of phenolic OH excluding ortho intramolecular Hbond substituents is 1. The third-order valence-electron chi connectivity index (χ3n) is 3.69. The van der Waals surface area contributed by atoms with Crippen molar-refractivity contribution in [2.24, 2.45) is 5.73 Å². The molecule has 1 atom stereocenters. The summed E-state index contributed by atoms with van der Waals surface area (Å²) in [6, 6.07) is 4.70. The molecule has 0 aromatic heterocycles. The van der Waals surface area contributed by atoms with Crippen molar-refractivity contribution in [3.8, 4) is 17.2 Å². The average molecular weight is 400 g/mol. The van der Waals surface area contributed by atoms with Crippen molar-refractivity contribution >= 4 is 11.7 Å². The number of aromatic hydroxyl groups is 1. The highest BCUT2D eigenvalue weighted by molar-refractivity contribution is 5.75. The number of nitro groups is 1. The summed E-state index contributed by atoms with van der Waals surface area (Å²) in [6.45, 7) is 0. The first kappa shape index (κ1) is 21.0. The van der Waals surface area contributed by atoms with Crippen LogP contribution in [0, 0.1) is 10.1 Å². The highest BCUT2D eigenvalue weighted by atomic mass is 19.4. The monoisotopic (exact) mass is 400 g/mol. The van der Waals surface area contributed by atoms with Crippen LogP contribution in [-0.2, 0) is 22.1 Å². The summed E-state index contributed by atoms with van der Waals surface area (Å²) < 4.78 is 47.9. The number of carbonyl (C=O) groups excluding carboxylic acids is 1. The van der Waals surface area contributed by atoms with Crippen LogP contribution in [0.2, 0.25) is 0 Å². The molecule has 3 N–H and O–H groups in total. The molecule has 0 bridgehead atoms. The Morgan fingerprint density at radius 3 is 2.43 bits per heavy atom. The largest absolute Gasteiger partial charge is 0.504 e. The average Bonchev–Trinajstić information content (AvgIpc) is 2.62. The van der Waals surface area contributed by atoms with Crippen LogP contribution in [-0.4, -0.2) is 29.2 Å². The molecule has 0 saturated heterocycles. The quantitative estimate of drug-likeness (QED) is 0.433. The van der Waals surface area contributed by atoms with E-state index in [4.69, 9.17) is 10.5 Å². The van der Waals surface area contributed by atoms with E-state index in [1.54, 1.807) is 0 Å². The van der Waals surface area contributed by atoms with Crippen LogP contribution >= 0.6 is 0 Å². The molecule has 0 aliphatic carbocycles. The molecule has 0 spiro atoms. The Hall–Kier alpha value is -3.34. The summed E-state index contributed by atoms with van der Waals surface area (Å²) >= 11 is 0. The number of carbonyl (C=O) groups is 1. The van der Waals surface area contributed by atoms with Gasteiger partial charge in [0.25, 0.3) is 0 Å². The molecule has 2 rings (SSSR count). The van der Waals surface area contributed by atoms with Crippen molar-refractivity contribution < 1.29 is 37.5 Å². The van der Waals surface area contributed by atoms with Gasteiger partial charge in [-0.2, -0.15) is 13.2 Å². The number of phenols is 1. The smallest absolute Gasteiger partial charge is 0.416 e. The van der Waals surface area contributed by atoms with E-state index in [1.165, 1.54) is 25.3 Å². The summed E-state index contributed by atoms with van der Waals surface area (Å²) in [7, 11) is 1.17. The normalized spacial score (nSPS) is 12.3. The number of nitrogens with two attached hydrogens (primary N) is 1. The predicted molar refractivity (Wildman–Crippen MR) is 90.0 cm³/mol. The predicted octanol–water partition coefficient (Wildman–Crippen LogP) is 3.15. The third kappa shape index (κ3) is 4.88. The number of nitrogens with zero attached hydrogens (tertiary/aromatic N) is 1. The van der Waals surface area contributed by atoms with Crippen LogP contribution in [0.25, 0.3) is 0 Å². The highest BCUT2D eigenvalue weighted by Gasteiger charge is 2.33. The Bertz CT molecular complexity index is 901. The van der Waals surface area contributed by atoms with Crippen molar-refractivity contribution in [1.29, 1.82) is 0 Å². The highest BCUT2D eigenvalue weighted by Crippen LogP contribution is 2.39. The zero-order valence-corrected chi connectivity index (χ0v) is 14.4. The number of hydrogen-bond donors (Lipinski definition) is 2.